The summed E-state index contributed by atoms with van der Waals surface area (Å²) >= 11 is 0. The zero-order chi connectivity index (χ0) is 7.84. The Morgan fingerprint density at radius 1 is 1.36 bits per heavy atom. The van der Waals surface area contributed by atoms with Gasteiger partial charge >= 0.3 is 0 Å². The van der Waals surface area contributed by atoms with Crippen LogP contribution in [0.3, 0.4) is 0 Å². The van der Waals surface area contributed by atoms with E-state index in [4.69, 9.17) is 4.74 Å². The van der Waals surface area contributed by atoms with Crippen LogP contribution in [0.4, 0.5) is 0 Å². The van der Waals surface area contributed by atoms with Crippen molar-refractivity contribution in [1.29, 1.82) is 0 Å². The number of hydrogen-bond donors (Lipinski definition) is 0. The average molecular weight is 150 g/mol. The summed E-state index contributed by atoms with van der Waals surface area (Å²) < 4.78 is 5.55. The van der Waals surface area contributed by atoms with Crippen LogP contribution in [0, 0.1) is 17.8 Å². The topological polar surface area (TPSA) is 9.23 Å². The van der Waals surface area contributed by atoms with Gasteiger partial charge in [-0.15, -0.1) is 0 Å². The Bertz CT molecular complexity index is 215. The number of ether oxygens (including phenoxy) is 1. The summed E-state index contributed by atoms with van der Waals surface area (Å²) in [6.07, 6.45) is 6.78. The largest absolute Gasteiger partial charge is 0.497 e. The second-order valence-electron chi connectivity index (χ2n) is 3.63. The van der Waals surface area contributed by atoms with Gasteiger partial charge in [0.2, 0.25) is 0 Å². The molecule has 1 heterocycles. The second-order valence-corrected chi connectivity index (χ2v) is 3.63. The Labute approximate surface area is 67.7 Å². The molecule has 1 fully saturated rings. The van der Waals surface area contributed by atoms with Crippen LogP contribution in [0.25, 0.3) is 0 Å². The monoisotopic (exact) mass is 150 g/mol. The molecular weight excluding hydrogens is 136 g/mol. The minimum atomic E-state index is 0.562. The number of allylic oxidation sites excluding steroid dienone is 3. The fourth-order valence-corrected chi connectivity index (χ4v) is 1.76. The maximum Gasteiger partial charge on any atom is 0.0998 e. The molecular formula is C10H14O. The normalized spacial score (nSPS) is 41.3. The molecule has 60 valence electrons. The van der Waals surface area contributed by atoms with E-state index in [0.29, 0.717) is 17.8 Å². The summed E-state index contributed by atoms with van der Waals surface area (Å²) in [4.78, 5) is 0. The molecule has 3 unspecified atom stereocenters. The Morgan fingerprint density at radius 3 is 3.00 bits per heavy atom. The average Bonchev–Trinajstić information content (AvgIpc) is 2.32. The first-order valence-electron chi connectivity index (χ1n) is 4.30. The lowest BCUT2D eigenvalue weighted by Crippen LogP contribution is -2.08. The lowest BCUT2D eigenvalue weighted by Gasteiger charge is -2.15. The zero-order valence-electron chi connectivity index (χ0n) is 7.08. The summed E-state index contributed by atoms with van der Waals surface area (Å²) in [5.74, 6) is 3.01. The molecule has 1 nitrogen and oxygen atoms in total. The van der Waals surface area contributed by atoms with Gasteiger partial charge in [0.25, 0.3) is 0 Å². The zero-order valence-corrected chi connectivity index (χ0v) is 7.08. The van der Waals surface area contributed by atoms with Crippen LogP contribution in [-0.2, 0) is 4.74 Å². The molecule has 0 aromatic rings. The van der Waals surface area contributed by atoms with E-state index in [0.717, 1.165) is 6.61 Å². The number of fused-ring (bicyclic) bond motifs is 1. The molecule has 0 spiro atoms. The first kappa shape index (κ1) is 6.96. The standard InChI is InChI=1S/C10H14O/c1-7-3-4-9-8(2)6-11-10(9)5-7/h3-5,7-9H,6H2,1-2H3. The van der Waals surface area contributed by atoms with Gasteiger partial charge in [-0.2, -0.15) is 0 Å². The Balaban J connectivity index is 2.23. The van der Waals surface area contributed by atoms with Gasteiger partial charge in [-0.25, -0.2) is 0 Å². The second kappa shape index (κ2) is 2.40. The van der Waals surface area contributed by atoms with E-state index in [2.05, 4.69) is 32.1 Å². The molecule has 2 rings (SSSR count). The van der Waals surface area contributed by atoms with E-state index >= 15 is 0 Å². The molecule has 1 aliphatic heterocycles. The van der Waals surface area contributed by atoms with Crippen LogP contribution in [0.5, 0.6) is 0 Å². The van der Waals surface area contributed by atoms with E-state index in [1.807, 2.05) is 0 Å². The van der Waals surface area contributed by atoms with E-state index in [9.17, 15) is 0 Å². The molecule has 0 saturated carbocycles. The molecule has 0 radical (unpaired) electrons. The highest BCUT2D eigenvalue weighted by atomic mass is 16.5. The van der Waals surface area contributed by atoms with Gasteiger partial charge in [-0.1, -0.05) is 26.0 Å². The Hall–Kier alpha value is -0.720. The summed E-state index contributed by atoms with van der Waals surface area (Å²) in [5.41, 5.74) is 0. The molecule has 1 aliphatic carbocycles. The van der Waals surface area contributed by atoms with Crippen molar-refractivity contribution in [3.05, 3.63) is 24.0 Å². The van der Waals surface area contributed by atoms with Gasteiger partial charge in [0, 0.05) is 11.8 Å². The predicted molar refractivity (Wildman–Crippen MR) is 45.0 cm³/mol. The molecule has 0 bridgehead atoms. The van der Waals surface area contributed by atoms with Crippen molar-refractivity contribution in [3.8, 4) is 0 Å². The van der Waals surface area contributed by atoms with Gasteiger partial charge < -0.3 is 4.74 Å². The summed E-state index contributed by atoms with van der Waals surface area (Å²) in [6, 6.07) is 0. The highest BCUT2D eigenvalue weighted by molar-refractivity contribution is 5.21. The highest BCUT2D eigenvalue weighted by Gasteiger charge is 2.29. The van der Waals surface area contributed by atoms with Crippen LogP contribution in [0.2, 0.25) is 0 Å². The molecule has 3 atom stereocenters. The minimum absolute atomic E-state index is 0.562. The molecule has 0 amide bonds. The van der Waals surface area contributed by atoms with Gasteiger partial charge in [-0.3, -0.25) is 0 Å². The molecule has 0 aromatic heterocycles. The third kappa shape index (κ3) is 1.09. The van der Waals surface area contributed by atoms with Crippen molar-refractivity contribution in [2.75, 3.05) is 6.61 Å². The van der Waals surface area contributed by atoms with Crippen LogP contribution in [0.15, 0.2) is 24.0 Å². The third-order valence-electron chi connectivity index (χ3n) is 2.50. The summed E-state index contributed by atoms with van der Waals surface area (Å²) in [5, 5.41) is 0. The van der Waals surface area contributed by atoms with E-state index in [1.54, 1.807) is 0 Å². The van der Waals surface area contributed by atoms with Gasteiger partial charge in [-0.05, 0) is 12.0 Å². The predicted octanol–water partition coefficient (Wildman–Crippen LogP) is 2.36. The maximum absolute atomic E-state index is 5.55. The van der Waals surface area contributed by atoms with Gasteiger partial charge in [0.1, 0.15) is 0 Å². The molecule has 1 saturated heterocycles. The lowest BCUT2D eigenvalue weighted by atomic mass is 9.89. The first-order chi connectivity index (χ1) is 5.27. The van der Waals surface area contributed by atoms with Crippen LogP contribution in [0.1, 0.15) is 13.8 Å². The van der Waals surface area contributed by atoms with Crippen molar-refractivity contribution in [2.24, 2.45) is 17.8 Å². The van der Waals surface area contributed by atoms with Crippen molar-refractivity contribution >= 4 is 0 Å². The highest BCUT2D eigenvalue weighted by Crippen LogP contribution is 2.34. The lowest BCUT2D eigenvalue weighted by molar-refractivity contribution is 0.243. The van der Waals surface area contributed by atoms with Gasteiger partial charge in [0.05, 0.1) is 12.4 Å². The number of rotatable bonds is 0. The SMILES string of the molecule is CC1C=CC2C(=C1)OCC2C. The van der Waals surface area contributed by atoms with Gasteiger partial charge in [0.15, 0.2) is 0 Å². The number of hydrogen-bond acceptors (Lipinski definition) is 1. The van der Waals surface area contributed by atoms with Crippen molar-refractivity contribution in [2.45, 2.75) is 13.8 Å². The molecule has 1 heteroatoms. The van der Waals surface area contributed by atoms with E-state index in [-0.39, 0.29) is 0 Å². The molecule has 0 N–H and O–H groups in total. The van der Waals surface area contributed by atoms with Crippen LogP contribution < -0.4 is 0 Å². The quantitative estimate of drug-likeness (QED) is 0.482. The van der Waals surface area contributed by atoms with Crippen LogP contribution >= 0.6 is 0 Å². The Kier molecular flexibility index (Phi) is 1.52. The maximum atomic E-state index is 5.55. The molecule has 11 heavy (non-hydrogen) atoms. The smallest absolute Gasteiger partial charge is 0.0998 e. The molecule has 0 aromatic carbocycles. The Morgan fingerprint density at radius 2 is 2.18 bits per heavy atom. The van der Waals surface area contributed by atoms with Crippen LogP contribution in [-0.4, -0.2) is 6.61 Å². The molecule has 2 aliphatic rings. The van der Waals surface area contributed by atoms with E-state index in [1.165, 1.54) is 5.76 Å². The van der Waals surface area contributed by atoms with Crippen molar-refractivity contribution < 1.29 is 4.74 Å². The van der Waals surface area contributed by atoms with E-state index < -0.39 is 0 Å². The fraction of sp³-hybridized carbons (Fsp3) is 0.600. The third-order valence-corrected chi connectivity index (χ3v) is 2.50. The minimum Gasteiger partial charge on any atom is -0.497 e. The fourth-order valence-electron chi connectivity index (χ4n) is 1.76. The summed E-state index contributed by atoms with van der Waals surface area (Å²) in [7, 11) is 0. The summed E-state index contributed by atoms with van der Waals surface area (Å²) in [6.45, 7) is 5.32. The first-order valence-corrected chi connectivity index (χ1v) is 4.30. The van der Waals surface area contributed by atoms with Crippen molar-refractivity contribution in [3.63, 3.8) is 0 Å². The van der Waals surface area contributed by atoms with Crippen molar-refractivity contribution in [1.82, 2.24) is 0 Å².